The quantitative estimate of drug-likeness (QED) is 0.635. The van der Waals surface area contributed by atoms with Gasteiger partial charge >= 0.3 is 0 Å². The summed E-state index contributed by atoms with van der Waals surface area (Å²) in [5, 5.41) is 5.42. The van der Waals surface area contributed by atoms with Crippen LogP contribution in [0.5, 0.6) is 0 Å². The Hall–Kier alpha value is -1.08. The van der Waals surface area contributed by atoms with Gasteiger partial charge in [0.25, 0.3) is 0 Å². The van der Waals surface area contributed by atoms with Crippen LogP contribution in [-0.4, -0.2) is 18.4 Å². The fraction of sp³-hybridized carbons (Fsp3) is 0.0909. The van der Waals surface area contributed by atoms with E-state index in [1.54, 1.807) is 12.1 Å². The van der Waals surface area contributed by atoms with Crippen LogP contribution in [0.3, 0.4) is 0 Å². The van der Waals surface area contributed by atoms with Crippen LogP contribution in [0.4, 0.5) is 5.69 Å². The van der Waals surface area contributed by atoms with Crippen LogP contribution in [0.15, 0.2) is 30.9 Å². The summed E-state index contributed by atoms with van der Waals surface area (Å²) >= 11 is 8.06. The van der Waals surface area contributed by atoms with Gasteiger partial charge in [-0.3, -0.25) is 9.59 Å². The van der Waals surface area contributed by atoms with Crippen LogP contribution in [0.25, 0.3) is 0 Å². The third-order valence-electron chi connectivity index (χ3n) is 1.81. The summed E-state index contributed by atoms with van der Waals surface area (Å²) in [6, 6.07) is 5.27. The van der Waals surface area contributed by atoms with E-state index < -0.39 is 5.91 Å². The highest BCUT2D eigenvalue weighted by molar-refractivity contribution is 14.1. The number of anilines is 1. The first-order chi connectivity index (χ1) is 8.02. The first-order valence-electron chi connectivity index (χ1n) is 4.68. The number of amides is 2. The molecule has 0 spiro atoms. The SMILES string of the molecule is C=CC(=O)NCC(=O)Nc1ccc(I)cc1Cl. The van der Waals surface area contributed by atoms with E-state index in [0.717, 1.165) is 9.65 Å². The summed E-state index contributed by atoms with van der Waals surface area (Å²) in [4.78, 5) is 22.3. The topological polar surface area (TPSA) is 58.2 Å². The molecule has 0 saturated carbocycles. The van der Waals surface area contributed by atoms with Crippen molar-refractivity contribution >= 4 is 51.7 Å². The third kappa shape index (κ3) is 4.74. The van der Waals surface area contributed by atoms with Crippen LogP contribution in [0.2, 0.25) is 5.02 Å². The molecule has 1 aromatic carbocycles. The lowest BCUT2D eigenvalue weighted by Crippen LogP contribution is -2.31. The maximum Gasteiger partial charge on any atom is 0.243 e. The molecule has 0 aliphatic heterocycles. The second-order valence-corrected chi connectivity index (χ2v) is 4.75. The van der Waals surface area contributed by atoms with E-state index in [2.05, 4.69) is 39.8 Å². The van der Waals surface area contributed by atoms with Crippen LogP contribution >= 0.6 is 34.2 Å². The van der Waals surface area contributed by atoms with Gasteiger partial charge in [0.05, 0.1) is 17.3 Å². The summed E-state index contributed by atoms with van der Waals surface area (Å²) in [5.41, 5.74) is 0.518. The fourth-order valence-electron chi connectivity index (χ4n) is 1.02. The number of rotatable bonds is 4. The smallest absolute Gasteiger partial charge is 0.243 e. The van der Waals surface area contributed by atoms with Crippen molar-refractivity contribution < 1.29 is 9.59 Å². The summed E-state index contributed by atoms with van der Waals surface area (Å²) in [5.74, 6) is -0.739. The number of hydrogen-bond acceptors (Lipinski definition) is 2. The molecule has 0 radical (unpaired) electrons. The van der Waals surface area contributed by atoms with E-state index >= 15 is 0 Å². The van der Waals surface area contributed by atoms with Gasteiger partial charge in [0.1, 0.15) is 0 Å². The summed E-state index contributed by atoms with van der Waals surface area (Å²) in [7, 11) is 0. The molecule has 0 aliphatic rings. The zero-order valence-corrected chi connectivity index (χ0v) is 11.7. The van der Waals surface area contributed by atoms with Crippen molar-refractivity contribution in [2.75, 3.05) is 11.9 Å². The number of hydrogen-bond donors (Lipinski definition) is 2. The van der Waals surface area contributed by atoms with Crippen molar-refractivity contribution in [1.82, 2.24) is 5.32 Å². The van der Waals surface area contributed by atoms with Crippen molar-refractivity contribution in [3.63, 3.8) is 0 Å². The van der Waals surface area contributed by atoms with Crippen molar-refractivity contribution in [3.8, 4) is 0 Å². The van der Waals surface area contributed by atoms with Gasteiger partial charge in [-0.2, -0.15) is 0 Å². The van der Waals surface area contributed by atoms with Crippen molar-refractivity contribution in [1.29, 1.82) is 0 Å². The van der Waals surface area contributed by atoms with E-state index in [0.29, 0.717) is 10.7 Å². The minimum Gasteiger partial charge on any atom is -0.343 e. The van der Waals surface area contributed by atoms with Gasteiger partial charge in [-0.1, -0.05) is 18.2 Å². The minimum absolute atomic E-state index is 0.118. The molecular formula is C11H10ClIN2O2. The maximum atomic E-state index is 11.4. The second kappa shape index (κ2) is 6.61. The second-order valence-electron chi connectivity index (χ2n) is 3.09. The Morgan fingerprint density at radius 3 is 2.76 bits per heavy atom. The van der Waals surface area contributed by atoms with E-state index in [1.165, 1.54) is 0 Å². The van der Waals surface area contributed by atoms with Crippen molar-refractivity contribution in [2.45, 2.75) is 0 Å². The molecule has 0 atom stereocenters. The van der Waals surface area contributed by atoms with Gasteiger partial charge in [0, 0.05) is 3.57 Å². The van der Waals surface area contributed by atoms with Crippen LogP contribution in [0, 0.1) is 3.57 Å². The van der Waals surface area contributed by atoms with Crippen LogP contribution in [-0.2, 0) is 9.59 Å². The number of halogens is 2. The van der Waals surface area contributed by atoms with Gasteiger partial charge in [-0.25, -0.2) is 0 Å². The minimum atomic E-state index is -0.395. The van der Waals surface area contributed by atoms with Crippen molar-refractivity contribution in [3.05, 3.63) is 39.4 Å². The van der Waals surface area contributed by atoms with Gasteiger partial charge in [-0.15, -0.1) is 0 Å². The van der Waals surface area contributed by atoms with E-state index in [1.807, 2.05) is 6.07 Å². The van der Waals surface area contributed by atoms with E-state index in [-0.39, 0.29) is 12.5 Å². The molecule has 17 heavy (non-hydrogen) atoms. The summed E-state index contributed by atoms with van der Waals surface area (Å²) < 4.78 is 0.977. The Bertz CT molecular complexity index is 463. The van der Waals surface area contributed by atoms with Crippen LogP contribution in [0.1, 0.15) is 0 Å². The molecule has 0 aromatic heterocycles. The lowest BCUT2D eigenvalue weighted by molar-refractivity contribution is -0.121. The first kappa shape index (κ1) is 14.0. The lowest BCUT2D eigenvalue weighted by Gasteiger charge is -2.07. The number of carbonyl (C=O) groups is 2. The van der Waals surface area contributed by atoms with Gasteiger partial charge in [0.15, 0.2) is 0 Å². The van der Waals surface area contributed by atoms with Crippen LogP contribution < -0.4 is 10.6 Å². The predicted octanol–water partition coefficient (Wildman–Crippen LogP) is 2.19. The molecule has 0 bridgehead atoms. The number of nitrogens with one attached hydrogen (secondary N) is 2. The van der Waals surface area contributed by atoms with Gasteiger partial charge < -0.3 is 10.6 Å². The summed E-state index contributed by atoms with van der Waals surface area (Å²) in [6.07, 6.45) is 1.10. The molecular weight excluding hydrogens is 354 g/mol. The number of carbonyl (C=O) groups excluding carboxylic acids is 2. The predicted molar refractivity (Wildman–Crippen MR) is 76.0 cm³/mol. The molecule has 0 heterocycles. The average molecular weight is 365 g/mol. The Morgan fingerprint density at radius 1 is 1.47 bits per heavy atom. The molecule has 0 saturated heterocycles. The largest absolute Gasteiger partial charge is 0.343 e. The Morgan fingerprint density at radius 2 is 2.18 bits per heavy atom. The van der Waals surface area contributed by atoms with E-state index in [9.17, 15) is 9.59 Å². The monoisotopic (exact) mass is 364 g/mol. The Labute approximate surface area is 118 Å². The highest BCUT2D eigenvalue weighted by atomic mass is 127. The molecule has 2 amide bonds. The molecule has 0 fully saturated rings. The zero-order valence-electron chi connectivity index (χ0n) is 8.80. The average Bonchev–Trinajstić information content (AvgIpc) is 2.29. The molecule has 90 valence electrons. The van der Waals surface area contributed by atoms with Gasteiger partial charge in [0.2, 0.25) is 11.8 Å². The highest BCUT2D eigenvalue weighted by Gasteiger charge is 2.06. The normalized spacial score (nSPS) is 9.53. The van der Waals surface area contributed by atoms with Crippen molar-refractivity contribution in [2.24, 2.45) is 0 Å². The molecule has 0 unspecified atom stereocenters. The van der Waals surface area contributed by atoms with Gasteiger partial charge in [-0.05, 0) is 46.9 Å². The Kier molecular flexibility index (Phi) is 5.43. The fourth-order valence-corrected chi connectivity index (χ4v) is 1.93. The summed E-state index contributed by atoms with van der Waals surface area (Å²) in [6.45, 7) is 3.16. The standard InChI is InChI=1S/C11H10ClIN2O2/c1-2-10(16)14-6-11(17)15-9-4-3-7(13)5-8(9)12/h2-5H,1,6H2,(H,14,16)(H,15,17). The van der Waals surface area contributed by atoms with E-state index in [4.69, 9.17) is 11.6 Å². The first-order valence-corrected chi connectivity index (χ1v) is 6.13. The Balaban J connectivity index is 2.56. The molecule has 2 N–H and O–H groups in total. The lowest BCUT2D eigenvalue weighted by atomic mass is 10.3. The molecule has 1 aromatic rings. The zero-order chi connectivity index (χ0) is 12.8. The maximum absolute atomic E-state index is 11.4. The number of benzene rings is 1. The molecule has 1 rings (SSSR count). The third-order valence-corrected chi connectivity index (χ3v) is 2.80. The highest BCUT2D eigenvalue weighted by Crippen LogP contribution is 2.23. The molecule has 0 aliphatic carbocycles. The molecule has 4 nitrogen and oxygen atoms in total. The molecule has 6 heteroatoms.